The van der Waals surface area contributed by atoms with E-state index < -0.39 is 0 Å². The van der Waals surface area contributed by atoms with Crippen LogP contribution in [-0.2, 0) is 4.79 Å². The van der Waals surface area contributed by atoms with Crippen LogP contribution in [0.3, 0.4) is 0 Å². The lowest BCUT2D eigenvalue weighted by atomic mass is 10.2. The highest BCUT2D eigenvalue weighted by Crippen LogP contribution is 2.35. The molecule has 0 bridgehead atoms. The van der Waals surface area contributed by atoms with Crippen LogP contribution in [0.1, 0.15) is 16.3 Å². The van der Waals surface area contributed by atoms with E-state index in [0.717, 1.165) is 37.1 Å². The van der Waals surface area contributed by atoms with Crippen molar-refractivity contribution in [2.75, 3.05) is 11.1 Å². The van der Waals surface area contributed by atoms with E-state index in [1.807, 2.05) is 67.6 Å². The lowest BCUT2D eigenvalue weighted by Crippen LogP contribution is -2.13. The fourth-order valence-electron chi connectivity index (χ4n) is 2.62. The summed E-state index contributed by atoms with van der Waals surface area (Å²) in [7, 11) is 0. The summed E-state index contributed by atoms with van der Waals surface area (Å²) < 4.78 is 6.58. The van der Waals surface area contributed by atoms with Gasteiger partial charge in [-0.3, -0.25) is 4.79 Å². The molecule has 2 heterocycles. The number of benzene rings is 2. The van der Waals surface area contributed by atoms with Gasteiger partial charge in [0.05, 0.1) is 22.2 Å². The Balaban J connectivity index is 1.52. The number of hydrogen-bond acceptors (Lipinski definition) is 5. The number of anilines is 1. The van der Waals surface area contributed by atoms with E-state index in [4.69, 9.17) is 9.40 Å². The highest BCUT2D eigenvalue weighted by Gasteiger charge is 2.13. The molecule has 0 saturated heterocycles. The van der Waals surface area contributed by atoms with Gasteiger partial charge in [-0.2, -0.15) is 0 Å². The molecule has 0 atom stereocenters. The van der Waals surface area contributed by atoms with Gasteiger partial charge in [-0.1, -0.05) is 29.8 Å². The zero-order valence-electron chi connectivity index (χ0n) is 15.2. The van der Waals surface area contributed by atoms with Crippen molar-refractivity contribution in [2.45, 2.75) is 6.92 Å². The molecule has 0 radical (unpaired) electrons. The normalized spacial score (nSPS) is 11.7. The number of hydrogen-bond donors (Lipinski definition) is 1. The van der Waals surface area contributed by atoms with Crippen LogP contribution in [-0.4, -0.2) is 16.6 Å². The number of aryl methyl sites for hydroxylation is 1. The van der Waals surface area contributed by atoms with E-state index in [2.05, 4.69) is 11.4 Å². The summed E-state index contributed by atoms with van der Waals surface area (Å²) in [6.45, 7) is 2.02. The second-order valence-electron chi connectivity index (χ2n) is 6.21. The highest BCUT2D eigenvalue weighted by molar-refractivity contribution is 8.09. The van der Waals surface area contributed by atoms with Crippen molar-refractivity contribution < 1.29 is 9.21 Å². The minimum atomic E-state index is -0.0553. The molecule has 1 amide bonds. The summed E-state index contributed by atoms with van der Waals surface area (Å²) in [5, 5.41) is 3.81. The Morgan fingerprint density at radius 1 is 1.14 bits per heavy atom. The zero-order chi connectivity index (χ0) is 19.3. The molecular weight excluding hydrogens is 388 g/mol. The maximum atomic E-state index is 12.4. The van der Waals surface area contributed by atoms with Crippen LogP contribution in [0, 0.1) is 6.92 Å². The number of thioether (sulfide) groups is 1. The maximum absolute atomic E-state index is 12.4. The van der Waals surface area contributed by atoms with Gasteiger partial charge >= 0.3 is 0 Å². The predicted octanol–water partition coefficient (Wildman–Crippen LogP) is 6.07. The van der Waals surface area contributed by atoms with Gasteiger partial charge in [-0.05, 0) is 49.4 Å². The van der Waals surface area contributed by atoms with E-state index in [0.29, 0.717) is 0 Å². The number of nitrogens with zero attached hydrogens (tertiary/aromatic N) is 1. The first-order valence-corrected chi connectivity index (χ1v) is 10.6. The molecule has 4 nitrogen and oxygen atoms in total. The molecular formula is C22H18N2O2S2. The molecule has 4 rings (SSSR count). The number of para-hydroxylation sites is 1. The molecule has 140 valence electrons. The molecule has 0 saturated carbocycles. The van der Waals surface area contributed by atoms with Crippen LogP contribution in [0.4, 0.5) is 5.69 Å². The third kappa shape index (κ3) is 4.52. The van der Waals surface area contributed by atoms with Gasteiger partial charge in [0, 0.05) is 10.6 Å². The molecule has 0 spiro atoms. The third-order valence-electron chi connectivity index (χ3n) is 4.02. The molecule has 2 aromatic heterocycles. The van der Waals surface area contributed by atoms with Crippen LogP contribution in [0.15, 0.2) is 71.3 Å². The van der Waals surface area contributed by atoms with Crippen LogP contribution in [0.5, 0.6) is 0 Å². The SMILES string of the molecule is Cc1ccc(NC(=O)CS/C(=C/c2ccco2)c2nc3ccccc3s2)cc1. The number of furan rings is 1. The first kappa shape index (κ1) is 18.5. The quantitative estimate of drug-likeness (QED) is 0.422. The van der Waals surface area contributed by atoms with E-state index in [-0.39, 0.29) is 11.7 Å². The number of carbonyl (C=O) groups is 1. The fourth-order valence-corrected chi connectivity index (χ4v) is 4.53. The Labute approximate surface area is 171 Å². The van der Waals surface area contributed by atoms with Crippen LogP contribution >= 0.6 is 23.1 Å². The molecule has 1 N–H and O–H groups in total. The van der Waals surface area contributed by atoms with E-state index in [9.17, 15) is 4.79 Å². The molecule has 0 fully saturated rings. The zero-order valence-corrected chi connectivity index (χ0v) is 16.8. The molecule has 2 aromatic carbocycles. The average Bonchev–Trinajstić information content (AvgIpc) is 3.36. The Kier molecular flexibility index (Phi) is 5.60. The Bertz CT molecular complexity index is 1080. The predicted molar refractivity (Wildman–Crippen MR) is 118 cm³/mol. The number of nitrogens with one attached hydrogen (secondary N) is 1. The first-order chi connectivity index (χ1) is 13.7. The van der Waals surface area contributed by atoms with Gasteiger partial charge in [0.25, 0.3) is 0 Å². The van der Waals surface area contributed by atoms with Crippen LogP contribution in [0.25, 0.3) is 21.2 Å². The largest absolute Gasteiger partial charge is 0.465 e. The summed E-state index contributed by atoms with van der Waals surface area (Å²) in [4.78, 5) is 18.0. The second-order valence-corrected chi connectivity index (χ2v) is 8.26. The number of rotatable bonds is 6. The van der Waals surface area contributed by atoms with Crippen LogP contribution < -0.4 is 5.32 Å². The summed E-state index contributed by atoms with van der Waals surface area (Å²) in [6, 6.07) is 19.5. The topological polar surface area (TPSA) is 55.1 Å². The standard InChI is InChI=1S/C22H18N2O2S2/c1-15-8-10-16(11-9-15)23-21(25)14-27-20(13-17-5-4-12-26-17)22-24-18-6-2-3-7-19(18)28-22/h2-13H,14H2,1H3,(H,23,25)/b20-13+. The van der Waals surface area contributed by atoms with E-state index in [1.165, 1.54) is 11.8 Å². The third-order valence-corrected chi connectivity index (χ3v) is 6.24. The number of carbonyl (C=O) groups excluding carboxylic acids is 1. The Morgan fingerprint density at radius 3 is 2.71 bits per heavy atom. The van der Waals surface area contributed by atoms with Crippen LogP contribution in [0.2, 0.25) is 0 Å². The Morgan fingerprint density at radius 2 is 1.96 bits per heavy atom. The van der Waals surface area contributed by atoms with Gasteiger partial charge in [0.1, 0.15) is 10.8 Å². The highest BCUT2D eigenvalue weighted by atomic mass is 32.2. The molecule has 4 aromatic rings. The lowest BCUT2D eigenvalue weighted by Gasteiger charge is -2.07. The van der Waals surface area contributed by atoms with Gasteiger partial charge in [-0.15, -0.1) is 23.1 Å². The van der Waals surface area contributed by atoms with E-state index in [1.54, 1.807) is 17.6 Å². The van der Waals surface area contributed by atoms with Crippen molar-refractivity contribution in [3.63, 3.8) is 0 Å². The number of amides is 1. The first-order valence-electron chi connectivity index (χ1n) is 8.78. The number of thiazole rings is 1. The summed E-state index contributed by atoms with van der Waals surface area (Å²) in [5.74, 6) is 0.970. The molecule has 28 heavy (non-hydrogen) atoms. The molecule has 0 aliphatic heterocycles. The molecule has 0 aliphatic rings. The molecule has 0 aliphatic carbocycles. The lowest BCUT2D eigenvalue weighted by molar-refractivity contribution is -0.113. The Hall–Kier alpha value is -2.83. The summed E-state index contributed by atoms with van der Waals surface area (Å²) in [6.07, 6.45) is 3.57. The van der Waals surface area contributed by atoms with Crippen molar-refractivity contribution in [3.8, 4) is 0 Å². The van der Waals surface area contributed by atoms with Crippen molar-refractivity contribution in [1.82, 2.24) is 4.98 Å². The maximum Gasteiger partial charge on any atom is 0.234 e. The second kappa shape index (κ2) is 8.46. The van der Waals surface area contributed by atoms with E-state index >= 15 is 0 Å². The minimum Gasteiger partial charge on any atom is -0.465 e. The molecule has 6 heteroatoms. The monoisotopic (exact) mass is 406 g/mol. The van der Waals surface area contributed by atoms with Gasteiger partial charge in [0.2, 0.25) is 5.91 Å². The van der Waals surface area contributed by atoms with Gasteiger partial charge in [0.15, 0.2) is 0 Å². The summed E-state index contributed by atoms with van der Waals surface area (Å²) >= 11 is 3.07. The summed E-state index contributed by atoms with van der Waals surface area (Å²) in [5.41, 5.74) is 2.91. The van der Waals surface area contributed by atoms with Gasteiger partial charge in [-0.25, -0.2) is 4.98 Å². The fraction of sp³-hybridized carbons (Fsp3) is 0.0909. The van der Waals surface area contributed by atoms with Crippen molar-refractivity contribution >= 4 is 55.9 Å². The number of fused-ring (bicyclic) bond motifs is 1. The number of aromatic nitrogens is 1. The average molecular weight is 407 g/mol. The van der Waals surface area contributed by atoms with Crippen molar-refractivity contribution in [2.24, 2.45) is 0 Å². The van der Waals surface area contributed by atoms with Gasteiger partial charge < -0.3 is 9.73 Å². The minimum absolute atomic E-state index is 0.0553. The molecule has 0 unspecified atom stereocenters. The smallest absolute Gasteiger partial charge is 0.234 e. The van der Waals surface area contributed by atoms with Crippen molar-refractivity contribution in [1.29, 1.82) is 0 Å². The van der Waals surface area contributed by atoms with Crippen molar-refractivity contribution in [3.05, 3.63) is 83.3 Å².